The first-order valence-electron chi connectivity index (χ1n) is 11.9. The molecule has 33 heavy (non-hydrogen) atoms. The topological polar surface area (TPSA) is 105 Å². The molecule has 9 heteroatoms. The van der Waals surface area contributed by atoms with Gasteiger partial charge in [-0.2, -0.15) is 4.31 Å². The Bertz CT molecular complexity index is 1150. The Balaban J connectivity index is 1.17. The van der Waals surface area contributed by atoms with Gasteiger partial charge in [0.05, 0.1) is 12.2 Å². The molecular formula is C24H29N5O3S. The molecule has 4 bridgehead atoms. The second-order valence-electron chi connectivity index (χ2n) is 10.6. The molecule has 1 N–H and O–H groups in total. The Kier molecular flexibility index (Phi) is 5.03. The fourth-order valence-corrected chi connectivity index (χ4v) is 8.68. The molecule has 5 aliphatic rings. The van der Waals surface area contributed by atoms with Gasteiger partial charge in [0.2, 0.25) is 15.9 Å². The number of aromatic nitrogens is 3. The van der Waals surface area contributed by atoms with Gasteiger partial charge in [-0.1, -0.05) is 0 Å². The number of carbonyl (C=O) groups excluding carboxylic acids is 1. The second kappa shape index (κ2) is 7.84. The fraction of sp³-hybridized carbons (Fsp3) is 0.583. The molecule has 7 rings (SSSR count). The molecule has 0 radical (unpaired) electrons. The van der Waals surface area contributed by atoms with Gasteiger partial charge in [-0.3, -0.25) is 9.78 Å². The maximum atomic E-state index is 13.1. The molecule has 0 spiro atoms. The van der Waals surface area contributed by atoms with Crippen LogP contribution in [0.4, 0.5) is 5.82 Å². The summed E-state index contributed by atoms with van der Waals surface area (Å²) in [6.45, 7) is 0.475. The van der Waals surface area contributed by atoms with Crippen molar-refractivity contribution in [2.75, 3.05) is 11.9 Å². The van der Waals surface area contributed by atoms with Crippen molar-refractivity contribution in [3.05, 3.63) is 42.1 Å². The van der Waals surface area contributed by atoms with E-state index < -0.39 is 10.0 Å². The van der Waals surface area contributed by atoms with E-state index in [9.17, 15) is 13.2 Å². The van der Waals surface area contributed by atoms with Crippen LogP contribution in [-0.2, 0) is 27.8 Å². The number of carbonyl (C=O) groups is 1. The Morgan fingerprint density at radius 3 is 2.52 bits per heavy atom. The summed E-state index contributed by atoms with van der Waals surface area (Å²) in [7, 11) is -3.65. The number of hydrogen-bond acceptors (Lipinski definition) is 6. The number of fused-ring (bicyclic) bond motifs is 1. The number of amides is 1. The van der Waals surface area contributed by atoms with Crippen LogP contribution < -0.4 is 5.32 Å². The van der Waals surface area contributed by atoms with Crippen LogP contribution in [0.2, 0.25) is 0 Å². The maximum Gasteiger partial charge on any atom is 0.244 e. The smallest absolute Gasteiger partial charge is 0.244 e. The van der Waals surface area contributed by atoms with Crippen molar-refractivity contribution in [1.82, 2.24) is 19.3 Å². The SMILES string of the molecule is O=C(CC12CC3CC(CC(C3)C1)C2)Nc1ncnc2c1CCN(S(=O)(=O)c1cccnc1)C2. The minimum atomic E-state index is -3.65. The largest absolute Gasteiger partial charge is 0.310 e. The summed E-state index contributed by atoms with van der Waals surface area (Å²) in [6.07, 6.45) is 13.0. The summed E-state index contributed by atoms with van der Waals surface area (Å²) in [5.74, 6) is 2.99. The van der Waals surface area contributed by atoms with Crippen molar-refractivity contribution >= 4 is 21.7 Å². The standard InChI is InChI=1S/C24H29N5O3S/c30-22(12-24-9-16-6-17(10-24)8-18(7-16)11-24)28-23-20-3-5-29(14-21(20)26-15-27-23)33(31,32)19-2-1-4-25-13-19/h1-2,4,13,15-18H,3,5-12,14H2,(H,26,27,28,30). The summed E-state index contributed by atoms with van der Waals surface area (Å²) < 4.78 is 27.4. The van der Waals surface area contributed by atoms with E-state index in [0.717, 1.165) is 23.3 Å². The van der Waals surface area contributed by atoms with Crippen LogP contribution in [0.3, 0.4) is 0 Å². The van der Waals surface area contributed by atoms with E-state index in [1.54, 1.807) is 18.3 Å². The lowest BCUT2D eigenvalue weighted by molar-refractivity contribution is -0.124. The Hall–Kier alpha value is -2.39. The molecule has 1 amide bonds. The van der Waals surface area contributed by atoms with Gasteiger partial charge >= 0.3 is 0 Å². The van der Waals surface area contributed by atoms with E-state index in [1.807, 2.05) is 0 Å². The molecule has 4 aliphatic carbocycles. The Morgan fingerprint density at radius 1 is 1.12 bits per heavy atom. The highest BCUT2D eigenvalue weighted by Gasteiger charge is 2.51. The van der Waals surface area contributed by atoms with Crippen molar-refractivity contribution in [2.24, 2.45) is 23.2 Å². The summed E-state index contributed by atoms with van der Waals surface area (Å²) in [4.78, 5) is 25.9. The van der Waals surface area contributed by atoms with Gasteiger partial charge in [-0.05, 0) is 80.2 Å². The number of pyridine rings is 1. The second-order valence-corrected chi connectivity index (χ2v) is 12.5. The summed E-state index contributed by atoms with van der Waals surface area (Å²) in [6, 6.07) is 3.16. The van der Waals surface area contributed by atoms with Crippen molar-refractivity contribution < 1.29 is 13.2 Å². The molecule has 0 saturated heterocycles. The zero-order valence-corrected chi connectivity index (χ0v) is 19.4. The fourth-order valence-electron chi connectivity index (χ4n) is 7.32. The molecule has 8 nitrogen and oxygen atoms in total. The number of rotatable bonds is 5. The highest BCUT2D eigenvalue weighted by Crippen LogP contribution is 2.61. The number of sulfonamides is 1. The number of nitrogens with one attached hydrogen (secondary N) is 1. The van der Waals surface area contributed by atoms with Crippen LogP contribution in [-0.4, -0.2) is 40.1 Å². The van der Waals surface area contributed by atoms with Crippen molar-refractivity contribution in [2.45, 2.75) is 62.8 Å². The number of nitrogens with zero attached hydrogens (tertiary/aromatic N) is 4. The molecule has 0 aromatic carbocycles. The summed E-state index contributed by atoms with van der Waals surface area (Å²) >= 11 is 0. The third-order valence-corrected chi connectivity index (χ3v) is 10.0. The highest BCUT2D eigenvalue weighted by molar-refractivity contribution is 7.89. The van der Waals surface area contributed by atoms with E-state index in [1.165, 1.54) is 55.4 Å². The highest BCUT2D eigenvalue weighted by atomic mass is 32.2. The van der Waals surface area contributed by atoms with Crippen molar-refractivity contribution in [1.29, 1.82) is 0 Å². The van der Waals surface area contributed by atoms with Crippen LogP contribution in [0.15, 0.2) is 35.7 Å². The first-order chi connectivity index (χ1) is 15.9. The van der Waals surface area contributed by atoms with Crippen LogP contribution in [0, 0.1) is 23.2 Å². The molecular weight excluding hydrogens is 438 g/mol. The van der Waals surface area contributed by atoms with Gasteiger partial charge in [0, 0.05) is 30.9 Å². The molecule has 0 atom stereocenters. The van der Waals surface area contributed by atoms with E-state index in [2.05, 4.69) is 20.3 Å². The van der Waals surface area contributed by atoms with Crippen LogP contribution in [0.5, 0.6) is 0 Å². The van der Waals surface area contributed by atoms with E-state index >= 15 is 0 Å². The van der Waals surface area contributed by atoms with Gasteiger partial charge in [-0.15, -0.1) is 0 Å². The van der Waals surface area contributed by atoms with Gasteiger partial charge in [0.25, 0.3) is 0 Å². The van der Waals surface area contributed by atoms with E-state index in [-0.39, 0.29) is 22.8 Å². The molecule has 3 heterocycles. The van der Waals surface area contributed by atoms with Gasteiger partial charge in [0.1, 0.15) is 17.0 Å². The zero-order valence-electron chi connectivity index (χ0n) is 18.6. The first-order valence-corrected chi connectivity index (χ1v) is 13.4. The third kappa shape index (κ3) is 3.85. The van der Waals surface area contributed by atoms with Crippen LogP contribution >= 0.6 is 0 Å². The molecule has 2 aromatic heterocycles. The first kappa shape index (κ1) is 21.2. The van der Waals surface area contributed by atoms with Gasteiger partial charge in [-0.25, -0.2) is 18.4 Å². The quantitative estimate of drug-likeness (QED) is 0.724. The lowest BCUT2D eigenvalue weighted by Crippen LogP contribution is -2.47. The Morgan fingerprint density at radius 2 is 1.85 bits per heavy atom. The number of hydrogen-bond donors (Lipinski definition) is 1. The Labute approximate surface area is 194 Å². The van der Waals surface area contributed by atoms with E-state index in [4.69, 9.17) is 0 Å². The van der Waals surface area contributed by atoms with Crippen molar-refractivity contribution in [3.8, 4) is 0 Å². The zero-order chi connectivity index (χ0) is 22.6. The average molecular weight is 468 g/mol. The minimum Gasteiger partial charge on any atom is -0.310 e. The molecule has 4 fully saturated rings. The molecule has 2 aromatic rings. The average Bonchev–Trinajstić information content (AvgIpc) is 2.78. The molecule has 0 unspecified atom stereocenters. The van der Waals surface area contributed by atoms with Gasteiger partial charge < -0.3 is 5.32 Å². The normalized spacial score (nSPS) is 30.7. The van der Waals surface area contributed by atoms with E-state index in [0.29, 0.717) is 30.9 Å². The minimum absolute atomic E-state index is 0.0308. The predicted molar refractivity (Wildman–Crippen MR) is 121 cm³/mol. The molecule has 1 aliphatic heterocycles. The van der Waals surface area contributed by atoms with Crippen LogP contribution in [0.1, 0.15) is 56.2 Å². The lowest BCUT2D eigenvalue weighted by Gasteiger charge is -2.56. The van der Waals surface area contributed by atoms with Crippen molar-refractivity contribution in [3.63, 3.8) is 0 Å². The summed E-state index contributed by atoms with van der Waals surface area (Å²) in [5.41, 5.74) is 1.66. The molecule has 174 valence electrons. The molecule has 4 saturated carbocycles. The van der Waals surface area contributed by atoms with Gasteiger partial charge in [0.15, 0.2) is 0 Å². The lowest BCUT2D eigenvalue weighted by atomic mass is 9.49. The number of anilines is 1. The monoisotopic (exact) mass is 467 g/mol. The predicted octanol–water partition coefficient (Wildman–Crippen LogP) is 3.16. The maximum absolute atomic E-state index is 13.1. The third-order valence-electron chi connectivity index (χ3n) is 8.20. The summed E-state index contributed by atoms with van der Waals surface area (Å²) in [5, 5.41) is 3.06. The van der Waals surface area contributed by atoms with Crippen LogP contribution in [0.25, 0.3) is 0 Å².